The summed E-state index contributed by atoms with van der Waals surface area (Å²) in [6.45, 7) is 1.78. The lowest BCUT2D eigenvalue weighted by atomic mass is 10.2. The lowest BCUT2D eigenvalue weighted by Gasteiger charge is -2.05. The van der Waals surface area contributed by atoms with E-state index in [1.807, 2.05) is 0 Å². The number of hydrogen-bond donors (Lipinski definition) is 2. The summed E-state index contributed by atoms with van der Waals surface area (Å²) in [5.74, 6) is -0.486. The molecule has 0 atom stereocenters. The molecule has 2 heterocycles. The van der Waals surface area contributed by atoms with Crippen molar-refractivity contribution in [1.82, 2.24) is 9.97 Å². The van der Waals surface area contributed by atoms with Gasteiger partial charge in [-0.3, -0.25) is 9.59 Å². The average Bonchev–Trinajstić information content (AvgIpc) is 2.34. The van der Waals surface area contributed by atoms with Crippen LogP contribution in [-0.2, 0) is 0 Å². The minimum atomic E-state index is -0.486. The van der Waals surface area contributed by atoms with Crippen LogP contribution in [-0.4, -0.2) is 15.9 Å². The van der Waals surface area contributed by atoms with Crippen LogP contribution in [0.15, 0.2) is 35.4 Å². The van der Waals surface area contributed by atoms with E-state index < -0.39 is 11.5 Å². The highest BCUT2D eigenvalue weighted by Gasteiger charge is 2.10. The van der Waals surface area contributed by atoms with E-state index in [4.69, 9.17) is 11.6 Å². The van der Waals surface area contributed by atoms with Crippen molar-refractivity contribution in [3.63, 3.8) is 0 Å². The number of carbonyl (C=O) groups excluding carboxylic acids is 1. The van der Waals surface area contributed by atoms with E-state index in [0.717, 1.165) is 5.56 Å². The Hall–Kier alpha value is -2.14. The molecule has 2 aromatic rings. The van der Waals surface area contributed by atoms with Gasteiger partial charge in [-0.05, 0) is 30.7 Å². The summed E-state index contributed by atoms with van der Waals surface area (Å²) < 4.78 is 0. The van der Waals surface area contributed by atoms with Gasteiger partial charge in [0.2, 0.25) is 0 Å². The number of nitrogens with zero attached hydrogens (tertiary/aromatic N) is 1. The van der Waals surface area contributed by atoms with E-state index in [9.17, 15) is 9.59 Å². The van der Waals surface area contributed by atoms with Gasteiger partial charge in [-0.25, -0.2) is 4.98 Å². The number of amides is 1. The molecule has 92 valence electrons. The van der Waals surface area contributed by atoms with E-state index in [2.05, 4.69) is 15.3 Å². The monoisotopic (exact) mass is 263 g/mol. The molecule has 1 amide bonds. The molecule has 0 aliphatic rings. The van der Waals surface area contributed by atoms with Crippen molar-refractivity contribution in [2.45, 2.75) is 6.92 Å². The second kappa shape index (κ2) is 5.01. The van der Waals surface area contributed by atoms with Crippen LogP contribution in [0, 0.1) is 6.92 Å². The summed E-state index contributed by atoms with van der Waals surface area (Å²) in [7, 11) is 0. The third-order valence-electron chi connectivity index (χ3n) is 2.34. The summed E-state index contributed by atoms with van der Waals surface area (Å²) in [6.07, 6.45) is 2.90. The Morgan fingerprint density at radius 1 is 1.50 bits per heavy atom. The molecule has 0 spiro atoms. The number of halogens is 1. The van der Waals surface area contributed by atoms with Gasteiger partial charge in [0, 0.05) is 6.20 Å². The summed E-state index contributed by atoms with van der Waals surface area (Å²) in [6, 6.07) is 4.72. The topological polar surface area (TPSA) is 74.8 Å². The van der Waals surface area contributed by atoms with Crippen LogP contribution in [0.25, 0.3) is 0 Å². The van der Waals surface area contributed by atoms with Crippen molar-refractivity contribution >= 4 is 23.2 Å². The maximum absolute atomic E-state index is 11.8. The predicted molar refractivity (Wildman–Crippen MR) is 69.0 cm³/mol. The molecule has 2 aromatic heterocycles. The van der Waals surface area contributed by atoms with Gasteiger partial charge in [-0.2, -0.15) is 0 Å². The van der Waals surface area contributed by atoms with Crippen LogP contribution >= 0.6 is 11.6 Å². The Morgan fingerprint density at radius 2 is 2.28 bits per heavy atom. The number of aryl methyl sites for hydroxylation is 1. The van der Waals surface area contributed by atoms with Gasteiger partial charge in [0.1, 0.15) is 10.7 Å². The van der Waals surface area contributed by atoms with Gasteiger partial charge in [0.05, 0.1) is 11.9 Å². The number of rotatable bonds is 2. The number of anilines is 1. The van der Waals surface area contributed by atoms with Crippen molar-refractivity contribution in [2.24, 2.45) is 0 Å². The Morgan fingerprint density at radius 3 is 2.94 bits per heavy atom. The van der Waals surface area contributed by atoms with E-state index in [1.165, 1.54) is 18.5 Å². The molecule has 0 saturated carbocycles. The number of hydrogen-bond acceptors (Lipinski definition) is 3. The minimum absolute atomic E-state index is 0.0464. The van der Waals surface area contributed by atoms with Crippen LogP contribution in [0.2, 0.25) is 5.15 Å². The lowest BCUT2D eigenvalue weighted by molar-refractivity contribution is 0.102. The Bertz CT molecular complexity index is 652. The predicted octanol–water partition coefficient (Wildman–Crippen LogP) is 1.98. The third-order valence-corrected chi connectivity index (χ3v) is 2.73. The fourth-order valence-electron chi connectivity index (χ4n) is 1.43. The number of carbonyl (C=O) groups is 1. The zero-order chi connectivity index (χ0) is 13.1. The average molecular weight is 264 g/mol. The van der Waals surface area contributed by atoms with E-state index in [-0.39, 0.29) is 5.56 Å². The molecule has 18 heavy (non-hydrogen) atoms. The van der Waals surface area contributed by atoms with Gasteiger partial charge >= 0.3 is 0 Å². The molecule has 0 aromatic carbocycles. The highest BCUT2D eigenvalue weighted by atomic mass is 35.5. The molecule has 2 N–H and O–H groups in total. The molecule has 5 nitrogen and oxygen atoms in total. The maximum Gasteiger partial charge on any atom is 0.261 e. The first-order valence-corrected chi connectivity index (χ1v) is 5.57. The van der Waals surface area contributed by atoms with Crippen molar-refractivity contribution in [2.75, 3.05) is 5.32 Å². The Labute approximate surface area is 108 Å². The molecule has 0 aliphatic heterocycles. The zero-order valence-electron chi connectivity index (χ0n) is 9.53. The van der Waals surface area contributed by atoms with E-state index in [0.29, 0.717) is 10.8 Å². The molecule has 0 aliphatic carbocycles. The quantitative estimate of drug-likeness (QED) is 0.814. The number of H-pyrrole nitrogens is 1. The fraction of sp³-hybridized carbons (Fsp3) is 0.0833. The number of aromatic nitrogens is 2. The molecule has 0 fully saturated rings. The minimum Gasteiger partial charge on any atom is -0.328 e. The molecule has 0 radical (unpaired) electrons. The SMILES string of the molecule is Cc1cc(NC(=O)c2ccc[nH]c2=O)cnc1Cl. The van der Waals surface area contributed by atoms with Gasteiger partial charge in [0.25, 0.3) is 11.5 Å². The molecule has 0 unspecified atom stereocenters. The van der Waals surface area contributed by atoms with Crippen LogP contribution in [0.3, 0.4) is 0 Å². The number of aromatic amines is 1. The van der Waals surface area contributed by atoms with Gasteiger partial charge in [-0.15, -0.1) is 0 Å². The van der Waals surface area contributed by atoms with Gasteiger partial charge in [0.15, 0.2) is 0 Å². The lowest BCUT2D eigenvalue weighted by Crippen LogP contribution is -2.22. The third kappa shape index (κ3) is 2.57. The van der Waals surface area contributed by atoms with Crippen LogP contribution in [0.5, 0.6) is 0 Å². The fourth-order valence-corrected chi connectivity index (χ4v) is 1.53. The van der Waals surface area contributed by atoms with Crippen molar-refractivity contribution in [1.29, 1.82) is 0 Å². The molecule has 0 saturated heterocycles. The zero-order valence-corrected chi connectivity index (χ0v) is 10.3. The first-order chi connectivity index (χ1) is 8.58. The Balaban J connectivity index is 2.24. The molecular weight excluding hydrogens is 254 g/mol. The van der Waals surface area contributed by atoms with E-state index >= 15 is 0 Å². The van der Waals surface area contributed by atoms with Crippen LogP contribution in [0.1, 0.15) is 15.9 Å². The summed E-state index contributed by atoms with van der Waals surface area (Å²) >= 11 is 5.78. The molecule has 6 heteroatoms. The molecule has 2 rings (SSSR count). The molecule has 0 bridgehead atoms. The van der Waals surface area contributed by atoms with Crippen LogP contribution < -0.4 is 10.9 Å². The van der Waals surface area contributed by atoms with Crippen molar-refractivity contribution < 1.29 is 4.79 Å². The first kappa shape index (κ1) is 12.3. The van der Waals surface area contributed by atoms with Crippen molar-refractivity contribution in [3.8, 4) is 0 Å². The highest BCUT2D eigenvalue weighted by Crippen LogP contribution is 2.16. The second-order valence-electron chi connectivity index (χ2n) is 3.70. The number of nitrogens with one attached hydrogen (secondary N) is 2. The molecular formula is C12H10ClN3O2. The first-order valence-electron chi connectivity index (χ1n) is 5.19. The largest absolute Gasteiger partial charge is 0.328 e. The number of pyridine rings is 2. The second-order valence-corrected chi connectivity index (χ2v) is 4.06. The summed E-state index contributed by atoms with van der Waals surface area (Å²) in [4.78, 5) is 29.6. The highest BCUT2D eigenvalue weighted by molar-refractivity contribution is 6.30. The van der Waals surface area contributed by atoms with Gasteiger partial charge in [-0.1, -0.05) is 11.6 Å². The maximum atomic E-state index is 11.8. The Kier molecular flexibility index (Phi) is 3.43. The van der Waals surface area contributed by atoms with Crippen LogP contribution in [0.4, 0.5) is 5.69 Å². The smallest absolute Gasteiger partial charge is 0.261 e. The van der Waals surface area contributed by atoms with Gasteiger partial charge < -0.3 is 10.3 Å². The standard InChI is InChI=1S/C12H10ClN3O2/c1-7-5-8(6-15-10(7)13)16-12(18)9-3-2-4-14-11(9)17/h2-6H,1H3,(H,14,17)(H,16,18). The summed E-state index contributed by atoms with van der Waals surface area (Å²) in [5, 5.41) is 2.97. The summed E-state index contributed by atoms with van der Waals surface area (Å²) in [5.41, 5.74) is 0.848. The van der Waals surface area contributed by atoms with E-state index in [1.54, 1.807) is 19.1 Å². The van der Waals surface area contributed by atoms with Crippen molar-refractivity contribution in [3.05, 3.63) is 57.2 Å². The normalized spacial score (nSPS) is 10.1.